The largest absolute Gasteiger partial charge is 0.496 e. The SMILES string of the molecule is COc1ccccc1-c1nnc2c3c(c(OCc4ccccn4)nn12)C1CCC3CC1. The van der Waals surface area contributed by atoms with Gasteiger partial charge in [-0.15, -0.1) is 15.3 Å². The summed E-state index contributed by atoms with van der Waals surface area (Å²) in [6.07, 6.45) is 6.53. The van der Waals surface area contributed by atoms with Gasteiger partial charge in [-0.2, -0.15) is 4.52 Å². The fraction of sp³-hybridized carbons (Fsp3) is 0.333. The Hall–Kier alpha value is -3.48. The van der Waals surface area contributed by atoms with Crippen molar-refractivity contribution in [1.82, 2.24) is 24.8 Å². The second-order valence-corrected chi connectivity index (χ2v) is 8.25. The van der Waals surface area contributed by atoms with Crippen molar-refractivity contribution in [2.45, 2.75) is 44.1 Å². The fourth-order valence-electron chi connectivity index (χ4n) is 5.12. The first-order chi connectivity index (χ1) is 15.3. The molecule has 1 fully saturated rings. The van der Waals surface area contributed by atoms with Gasteiger partial charge in [0.1, 0.15) is 12.4 Å². The normalized spacial score (nSPS) is 19.4. The third-order valence-electron chi connectivity index (χ3n) is 6.57. The Morgan fingerprint density at radius 3 is 2.48 bits per heavy atom. The number of hydrogen-bond donors (Lipinski definition) is 0. The van der Waals surface area contributed by atoms with Crippen molar-refractivity contribution < 1.29 is 9.47 Å². The predicted octanol–water partition coefficient (Wildman–Crippen LogP) is 4.53. The van der Waals surface area contributed by atoms with Crippen LogP contribution in [0.4, 0.5) is 0 Å². The van der Waals surface area contributed by atoms with E-state index in [1.807, 2.05) is 47.0 Å². The second kappa shape index (κ2) is 7.34. The smallest absolute Gasteiger partial charge is 0.236 e. The molecule has 0 amide bonds. The number of aromatic nitrogens is 5. The number of pyridine rings is 1. The number of ether oxygens (including phenoxy) is 2. The van der Waals surface area contributed by atoms with Gasteiger partial charge in [-0.25, -0.2) is 0 Å². The van der Waals surface area contributed by atoms with Crippen LogP contribution in [-0.2, 0) is 6.61 Å². The first-order valence-electron chi connectivity index (χ1n) is 10.8. The number of nitrogens with zero attached hydrogens (tertiary/aromatic N) is 5. The Morgan fingerprint density at radius 1 is 0.935 bits per heavy atom. The highest BCUT2D eigenvalue weighted by atomic mass is 16.5. The van der Waals surface area contributed by atoms with Gasteiger partial charge in [-0.1, -0.05) is 18.2 Å². The highest BCUT2D eigenvalue weighted by Gasteiger charge is 2.39. The number of methoxy groups -OCH3 is 1. The summed E-state index contributed by atoms with van der Waals surface area (Å²) in [6, 6.07) is 13.7. The standard InChI is InChI=1S/C24H23N5O2/c1-30-19-8-3-2-7-18(19)22-26-27-23-20-15-9-11-16(12-10-15)21(20)24(28-29(22)23)31-14-17-6-4-5-13-25-17/h2-8,13,15-16H,9-12,14H2,1H3. The Bertz CT molecular complexity index is 1250. The minimum atomic E-state index is 0.384. The molecule has 0 atom stereocenters. The zero-order chi connectivity index (χ0) is 20.8. The van der Waals surface area contributed by atoms with E-state index in [2.05, 4.69) is 15.2 Å². The van der Waals surface area contributed by atoms with Crippen LogP contribution in [0.25, 0.3) is 17.0 Å². The van der Waals surface area contributed by atoms with Crippen LogP contribution in [0.5, 0.6) is 11.6 Å². The van der Waals surface area contributed by atoms with Crippen molar-refractivity contribution in [3.05, 3.63) is 65.5 Å². The fourth-order valence-corrected chi connectivity index (χ4v) is 5.12. The van der Waals surface area contributed by atoms with Gasteiger partial charge in [0.15, 0.2) is 11.5 Å². The van der Waals surface area contributed by atoms with Crippen molar-refractivity contribution in [2.24, 2.45) is 0 Å². The summed E-state index contributed by atoms with van der Waals surface area (Å²) < 4.78 is 13.7. The third kappa shape index (κ3) is 2.95. The third-order valence-corrected chi connectivity index (χ3v) is 6.57. The van der Waals surface area contributed by atoms with Crippen LogP contribution in [0.3, 0.4) is 0 Å². The summed E-state index contributed by atoms with van der Waals surface area (Å²) in [7, 11) is 1.66. The van der Waals surface area contributed by atoms with Crippen molar-refractivity contribution in [3.8, 4) is 23.0 Å². The average molecular weight is 413 g/mol. The summed E-state index contributed by atoms with van der Waals surface area (Å²) in [5.74, 6) is 3.05. The zero-order valence-electron chi connectivity index (χ0n) is 17.4. The highest BCUT2D eigenvalue weighted by Crippen LogP contribution is 2.53. The van der Waals surface area contributed by atoms with Crippen LogP contribution in [0.1, 0.15) is 54.3 Å². The summed E-state index contributed by atoms with van der Waals surface area (Å²) in [6.45, 7) is 0.384. The Morgan fingerprint density at radius 2 is 1.71 bits per heavy atom. The topological polar surface area (TPSA) is 74.4 Å². The molecule has 7 heteroatoms. The quantitative estimate of drug-likeness (QED) is 0.479. The first kappa shape index (κ1) is 18.3. The monoisotopic (exact) mass is 413 g/mol. The molecule has 0 N–H and O–H groups in total. The molecule has 156 valence electrons. The van der Waals surface area contributed by atoms with E-state index in [9.17, 15) is 0 Å². The van der Waals surface area contributed by atoms with Gasteiger partial charge >= 0.3 is 0 Å². The molecule has 0 saturated heterocycles. The summed E-state index contributed by atoms with van der Waals surface area (Å²) in [5.41, 5.74) is 5.08. The number of benzene rings is 1. The van der Waals surface area contributed by atoms with Gasteiger partial charge in [-0.05, 0) is 61.8 Å². The lowest BCUT2D eigenvalue weighted by atomic mass is 9.67. The molecule has 1 aromatic carbocycles. The molecule has 3 aromatic heterocycles. The number of fused-ring (bicyclic) bond motifs is 3. The Balaban J connectivity index is 1.53. The maximum Gasteiger partial charge on any atom is 0.236 e. The minimum absolute atomic E-state index is 0.384. The van der Waals surface area contributed by atoms with E-state index in [-0.39, 0.29) is 0 Å². The molecule has 0 spiro atoms. The van der Waals surface area contributed by atoms with Gasteiger partial charge in [0.25, 0.3) is 0 Å². The molecule has 0 aliphatic heterocycles. The van der Waals surface area contributed by atoms with Crippen molar-refractivity contribution in [1.29, 1.82) is 0 Å². The minimum Gasteiger partial charge on any atom is -0.496 e. The van der Waals surface area contributed by atoms with Crippen LogP contribution < -0.4 is 9.47 Å². The lowest BCUT2D eigenvalue weighted by Gasteiger charge is -2.38. The second-order valence-electron chi connectivity index (χ2n) is 8.25. The number of hydrogen-bond acceptors (Lipinski definition) is 6. The molecule has 7 nitrogen and oxygen atoms in total. The van der Waals surface area contributed by atoms with Crippen molar-refractivity contribution >= 4 is 5.65 Å². The lowest BCUT2D eigenvalue weighted by molar-refractivity contribution is 0.265. The van der Waals surface area contributed by atoms with E-state index >= 15 is 0 Å². The van der Waals surface area contributed by atoms with Crippen LogP contribution in [-0.4, -0.2) is 31.9 Å². The first-order valence-corrected chi connectivity index (χ1v) is 10.8. The summed E-state index contributed by atoms with van der Waals surface area (Å²) >= 11 is 0. The van der Waals surface area contributed by atoms with Gasteiger partial charge in [-0.3, -0.25) is 4.98 Å². The van der Waals surface area contributed by atoms with E-state index in [0.29, 0.717) is 30.1 Å². The molecule has 3 aliphatic rings. The van der Waals surface area contributed by atoms with Crippen LogP contribution in [0, 0.1) is 0 Å². The molecule has 0 radical (unpaired) electrons. The molecule has 31 heavy (non-hydrogen) atoms. The van der Waals surface area contributed by atoms with E-state index in [0.717, 1.165) is 22.7 Å². The predicted molar refractivity (Wildman–Crippen MR) is 115 cm³/mol. The number of para-hydroxylation sites is 1. The molecule has 3 aliphatic carbocycles. The summed E-state index contributed by atoms with van der Waals surface area (Å²) in [5, 5.41) is 14.0. The average Bonchev–Trinajstić information content (AvgIpc) is 3.27. The van der Waals surface area contributed by atoms with Crippen LogP contribution in [0.2, 0.25) is 0 Å². The summed E-state index contributed by atoms with van der Waals surface area (Å²) in [4.78, 5) is 4.39. The van der Waals surface area contributed by atoms with Crippen molar-refractivity contribution in [3.63, 3.8) is 0 Å². The molecule has 2 bridgehead atoms. The zero-order valence-corrected chi connectivity index (χ0v) is 17.4. The molecular weight excluding hydrogens is 390 g/mol. The Kier molecular flexibility index (Phi) is 4.33. The van der Waals surface area contributed by atoms with Gasteiger partial charge < -0.3 is 9.47 Å². The van der Waals surface area contributed by atoms with Crippen molar-refractivity contribution in [2.75, 3.05) is 7.11 Å². The maximum absolute atomic E-state index is 6.29. The molecule has 7 rings (SSSR count). The van der Waals surface area contributed by atoms with Crippen LogP contribution in [0.15, 0.2) is 48.7 Å². The van der Waals surface area contributed by atoms with E-state index < -0.39 is 0 Å². The molecule has 0 unspecified atom stereocenters. The molecular formula is C24H23N5O2. The maximum atomic E-state index is 6.29. The van der Waals surface area contributed by atoms with E-state index in [1.165, 1.54) is 36.8 Å². The lowest BCUT2D eigenvalue weighted by Crippen LogP contribution is -2.25. The Labute approximate surface area is 180 Å². The van der Waals surface area contributed by atoms with E-state index in [4.69, 9.17) is 14.6 Å². The van der Waals surface area contributed by atoms with Gasteiger partial charge in [0, 0.05) is 17.3 Å². The van der Waals surface area contributed by atoms with Crippen LogP contribution >= 0.6 is 0 Å². The van der Waals surface area contributed by atoms with E-state index in [1.54, 1.807) is 13.3 Å². The highest BCUT2D eigenvalue weighted by molar-refractivity contribution is 5.69. The molecule has 3 heterocycles. The molecule has 1 saturated carbocycles. The number of rotatable bonds is 5. The van der Waals surface area contributed by atoms with Gasteiger partial charge in [0.2, 0.25) is 5.88 Å². The van der Waals surface area contributed by atoms with Gasteiger partial charge in [0.05, 0.1) is 18.4 Å². The molecule has 4 aromatic rings.